The SMILES string of the molecule is COc1cc(NC2CCN(C(C)=O)CC2)c(OC)cc1Cl. The fourth-order valence-electron chi connectivity index (χ4n) is 2.53. The Labute approximate surface area is 130 Å². The highest BCUT2D eigenvalue weighted by molar-refractivity contribution is 6.32. The number of carbonyl (C=O) groups is 1. The molecule has 0 bridgehead atoms. The van der Waals surface area contributed by atoms with Crippen molar-refractivity contribution in [3.63, 3.8) is 0 Å². The van der Waals surface area contributed by atoms with Gasteiger partial charge in [-0.1, -0.05) is 11.6 Å². The van der Waals surface area contributed by atoms with Gasteiger partial charge in [-0.05, 0) is 12.8 Å². The topological polar surface area (TPSA) is 50.8 Å². The molecule has 0 atom stereocenters. The second-order valence-electron chi connectivity index (χ2n) is 5.11. The van der Waals surface area contributed by atoms with Crippen molar-refractivity contribution in [2.24, 2.45) is 0 Å². The van der Waals surface area contributed by atoms with Gasteiger partial charge in [-0.2, -0.15) is 0 Å². The standard InChI is InChI=1S/C15H21ClN2O3/c1-10(19)18-6-4-11(5-7-18)17-13-9-14(20-2)12(16)8-15(13)21-3/h8-9,11,17H,4-7H2,1-3H3. The lowest BCUT2D eigenvalue weighted by Gasteiger charge is -2.32. The number of amides is 1. The van der Waals surface area contributed by atoms with Crippen LogP contribution in [0, 0.1) is 0 Å². The molecule has 1 aromatic rings. The third-order valence-corrected chi connectivity index (χ3v) is 4.07. The molecule has 1 aliphatic rings. The molecule has 0 radical (unpaired) electrons. The lowest BCUT2D eigenvalue weighted by molar-refractivity contribution is -0.129. The zero-order valence-corrected chi connectivity index (χ0v) is 13.4. The number of nitrogens with one attached hydrogen (secondary N) is 1. The highest BCUT2D eigenvalue weighted by Crippen LogP contribution is 2.36. The van der Waals surface area contributed by atoms with Gasteiger partial charge < -0.3 is 19.7 Å². The van der Waals surface area contributed by atoms with Crippen molar-refractivity contribution < 1.29 is 14.3 Å². The fourth-order valence-corrected chi connectivity index (χ4v) is 2.76. The summed E-state index contributed by atoms with van der Waals surface area (Å²) in [5.41, 5.74) is 0.861. The second kappa shape index (κ2) is 6.89. The number of hydrogen-bond donors (Lipinski definition) is 1. The molecule has 5 nitrogen and oxygen atoms in total. The van der Waals surface area contributed by atoms with Crippen LogP contribution >= 0.6 is 11.6 Å². The Hall–Kier alpha value is -1.62. The number of rotatable bonds is 4. The Morgan fingerprint density at radius 3 is 2.38 bits per heavy atom. The van der Waals surface area contributed by atoms with Crippen LogP contribution in [-0.4, -0.2) is 44.2 Å². The highest BCUT2D eigenvalue weighted by Gasteiger charge is 2.22. The number of anilines is 1. The third-order valence-electron chi connectivity index (χ3n) is 3.77. The number of nitrogens with zero attached hydrogens (tertiary/aromatic N) is 1. The van der Waals surface area contributed by atoms with Crippen molar-refractivity contribution in [2.75, 3.05) is 32.6 Å². The quantitative estimate of drug-likeness (QED) is 0.929. The van der Waals surface area contributed by atoms with Crippen molar-refractivity contribution in [3.8, 4) is 11.5 Å². The summed E-state index contributed by atoms with van der Waals surface area (Å²) in [6, 6.07) is 3.90. The molecule has 0 aliphatic carbocycles. The summed E-state index contributed by atoms with van der Waals surface area (Å²) in [7, 11) is 3.20. The molecular weight excluding hydrogens is 292 g/mol. The normalized spacial score (nSPS) is 15.7. The van der Waals surface area contributed by atoms with Gasteiger partial charge in [-0.25, -0.2) is 0 Å². The summed E-state index contributed by atoms with van der Waals surface area (Å²) in [5.74, 6) is 1.44. The molecule has 0 aromatic heterocycles. The number of likely N-dealkylation sites (tertiary alicyclic amines) is 1. The van der Waals surface area contributed by atoms with Crippen molar-refractivity contribution in [1.82, 2.24) is 4.90 Å². The average molecular weight is 313 g/mol. The Balaban J connectivity index is 2.07. The molecule has 21 heavy (non-hydrogen) atoms. The zero-order chi connectivity index (χ0) is 15.4. The summed E-state index contributed by atoms with van der Waals surface area (Å²) >= 11 is 6.10. The first-order valence-electron chi connectivity index (χ1n) is 6.98. The van der Waals surface area contributed by atoms with Crippen LogP contribution in [0.15, 0.2) is 12.1 Å². The Morgan fingerprint density at radius 2 is 1.86 bits per heavy atom. The molecule has 0 saturated carbocycles. The number of ether oxygens (including phenoxy) is 2. The largest absolute Gasteiger partial charge is 0.495 e. The average Bonchev–Trinajstić information content (AvgIpc) is 2.49. The van der Waals surface area contributed by atoms with E-state index in [9.17, 15) is 4.79 Å². The lowest BCUT2D eigenvalue weighted by atomic mass is 10.0. The first-order chi connectivity index (χ1) is 10.0. The minimum Gasteiger partial charge on any atom is -0.495 e. The van der Waals surface area contributed by atoms with E-state index in [0.29, 0.717) is 22.6 Å². The van der Waals surface area contributed by atoms with Crippen LogP contribution in [0.5, 0.6) is 11.5 Å². The van der Waals surface area contributed by atoms with E-state index in [2.05, 4.69) is 5.32 Å². The fraction of sp³-hybridized carbons (Fsp3) is 0.533. The summed E-state index contributed by atoms with van der Waals surface area (Å²) in [5, 5.41) is 3.98. The van der Waals surface area contributed by atoms with Crippen molar-refractivity contribution in [1.29, 1.82) is 0 Å². The number of methoxy groups -OCH3 is 2. The summed E-state index contributed by atoms with van der Waals surface area (Å²) in [6.45, 7) is 3.17. The third kappa shape index (κ3) is 3.73. The summed E-state index contributed by atoms with van der Waals surface area (Å²) in [4.78, 5) is 13.2. The molecule has 1 N–H and O–H groups in total. The van der Waals surface area contributed by atoms with Gasteiger partial charge in [0.25, 0.3) is 0 Å². The van der Waals surface area contributed by atoms with Gasteiger partial charge in [0, 0.05) is 38.2 Å². The van der Waals surface area contributed by atoms with Crippen LogP contribution in [0.1, 0.15) is 19.8 Å². The van der Waals surface area contributed by atoms with Crippen molar-refractivity contribution in [3.05, 3.63) is 17.2 Å². The van der Waals surface area contributed by atoms with E-state index in [0.717, 1.165) is 31.6 Å². The maximum atomic E-state index is 11.3. The summed E-state index contributed by atoms with van der Waals surface area (Å²) < 4.78 is 10.6. The van der Waals surface area contributed by atoms with Crippen molar-refractivity contribution >= 4 is 23.2 Å². The molecule has 1 saturated heterocycles. The Kier molecular flexibility index (Phi) is 5.17. The number of hydrogen-bond acceptors (Lipinski definition) is 4. The van der Waals surface area contributed by atoms with Gasteiger partial charge in [0.1, 0.15) is 11.5 Å². The van der Waals surface area contributed by atoms with Crippen LogP contribution < -0.4 is 14.8 Å². The van der Waals surface area contributed by atoms with E-state index in [1.165, 1.54) is 0 Å². The van der Waals surface area contributed by atoms with Crippen LogP contribution in [-0.2, 0) is 4.79 Å². The number of benzene rings is 1. The van der Waals surface area contributed by atoms with E-state index in [1.807, 2.05) is 11.0 Å². The Morgan fingerprint density at radius 1 is 1.24 bits per heavy atom. The van der Waals surface area contributed by atoms with E-state index in [-0.39, 0.29) is 5.91 Å². The second-order valence-corrected chi connectivity index (χ2v) is 5.52. The molecular formula is C15H21ClN2O3. The molecule has 1 amide bonds. The van der Waals surface area contributed by atoms with Crippen molar-refractivity contribution in [2.45, 2.75) is 25.8 Å². The van der Waals surface area contributed by atoms with Gasteiger partial charge >= 0.3 is 0 Å². The van der Waals surface area contributed by atoms with Gasteiger partial charge in [0.05, 0.1) is 24.9 Å². The number of piperidine rings is 1. The van der Waals surface area contributed by atoms with Gasteiger partial charge in [-0.3, -0.25) is 4.79 Å². The number of halogens is 1. The molecule has 1 fully saturated rings. The maximum absolute atomic E-state index is 11.3. The predicted molar refractivity (Wildman–Crippen MR) is 83.5 cm³/mol. The molecule has 1 aromatic carbocycles. The minimum absolute atomic E-state index is 0.138. The first-order valence-corrected chi connectivity index (χ1v) is 7.36. The lowest BCUT2D eigenvalue weighted by Crippen LogP contribution is -2.41. The molecule has 2 rings (SSSR count). The maximum Gasteiger partial charge on any atom is 0.219 e. The molecule has 6 heteroatoms. The zero-order valence-electron chi connectivity index (χ0n) is 12.6. The van der Waals surface area contributed by atoms with E-state index < -0.39 is 0 Å². The van der Waals surface area contributed by atoms with Crippen LogP contribution in [0.3, 0.4) is 0 Å². The molecule has 0 spiro atoms. The Bertz CT molecular complexity index is 514. The smallest absolute Gasteiger partial charge is 0.219 e. The molecule has 1 heterocycles. The van der Waals surface area contributed by atoms with E-state index in [1.54, 1.807) is 27.2 Å². The highest BCUT2D eigenvalue weighted by atomic mass is 35.5. The number of carbonyl (C=O) groups excluding carboxylic acids is 1. The molecule has 1 aliphatic heterocycles. The van der Waals surface area contributed by atoms with Gasteiger partial charge in [-0.15, -0.1) is 0 Å². The first kappa shape index (κ1) is 15.8. The van der Waals surface area contributed by atoms with Crippen LogP contribution in [0.2, 0.25) is 5.02 Å². The monoisotopic (exact) mass is 312 g/mol. The predicted octanol–water partition coefficient (Wildman–Crippen LogP) is 2.78. The van der Waals surface area contributed by atoms with Crippen LogP contribution in [0.4, 0.5) is 5.69 Å². The van der Waals surface area contributed by atoms with Gasteiger partial charge in [0.15, 0.2) is 0 Å². The van der Waals surface area contributed by atoms with E-state index in [4.69, 9.17) is 21.1 Å². The molecule has 0 unspecified atom stereocenters. The van der Waals surface area contributed by atoms with E-state index >= 15 is 0 Å². The minimum atomic E-state index is 0.138. The van der Waals surface area contributed by atoms with Gasteiger partial charge in [0.2, 0.25) is 5.91 Å². The molecule has 116 valence electrons. The summed E-state index contributed by atoms with van der Waals surface area (Å²) in [6.07, 6.45) is 1.82. The van der Waals surface area contributed by atoms with Crippen LogP contribution in [0.25, 0.3) is 0 Å².